The summed E-state index contributed by atoms with van der Waals surface area (Å²) in [4.78, 5) is 16.4. The largest absolute Gasteiger partial charge is 0.465 e. The summed E-state index contributed by atoms with van der Waals surface area (Å²) in [5.41, 5.74) is 3.12. The van der Waals surface area contributed by atoms with Gasteiger partial charge < -0.3 is 14.0 Å². The van der Waals surface area contributed by atoms with E-state index in [2.05, 4.69) is 10.1 Å². The molecule has 2 heterocycles. The van der Waals surface area contributed by atoms with Crippen LogP contribution in [0.2, 0.25) is 0 Å². The zero-order valence-electron chi connectivity index (χ0n) is 14.0. The average Bonchev–Trinajstić information content (AvgIpc) is 3.18. The Morgan fingerprint density at radius 1 is 1.25 bits per heavy atom. The number of aryl methyl sites for hydroxylation is 2. The van der Waals surface area contributed by atoms with Gasteiger partial charge in [-0.1, -0.05) is 0 Å². The van der Waals surface area contributed by atoms with Gasteiger partial charge in [-0.25, -0.2) is 9.78 Å². The lowest BCUT2D eigenvalue weighted by Gasteiger charge is -2.07. The van der Waals surface area contributed by atoms with Crippen LogP contribution in [0, 0.1) is 0 Å². The molecule has 3 aromatic rings. The SMILES string of the molecule is COCCCn1nccc1-c1nc2cc(C(=O)OC)ccc2n1C. The monoisotopic (exact) mass is 328 g/mol. The number of fused-ring (bicyclic) bond motifs is 1. The van der Waals surface area contributed by atoms with Crippen molar-refractivity contribution in [1.82, 2.24) is 19.3 Å². The molecule has 0 amide bonds. The number of ether oxygens (including phenoxy) is 2. The molecule has 0 aliphatic rings. The normalized spacial score (nSPS) is 11.1. The van der Waals surface area contributed by atoms with Crippen LogP contribution < -0.4 is 0 Å². The van der Waals surface area contributed by atoms with E-state index in [1.54, 1.807) is 25.4 Å². The maximum absolute atomic E-state index is 11.7. The Morgan fingerprint density at radius 3 is 2.83 bits per heavy atom. The number of rotatable bonds is 6. The van der Waals surface area contributed by atoms with Gasteiger partial charge in [-0.15, -0.1) is 0 Å². The highest BCUT2D eigenvalue weighted by Crippen LogP contribution is 2.24. The summed E-state index contributed by atoms with van der Waals surface area (Å²) < 4.78 is 13.8. The molecule has 3 rings (SSSR count). The molecule has 0 saturated heterocycles. The molecule has 0 unspecified atom stereocenters. The fraction of sp³-hybridized carbons (Fsp3) is 0.353. The third-order valence-corrected chi connectivity index (χ3v) is 3.97. The van der Waals surface area contributed by atoms with Gasteiger partial charge in [-0.05, 0) is 30.7 Å². The summed E-state index contributed by atoms with van der Waals surface area (Å²) in [5.74, 6) is 0.440. The lowest BCUT2D eigenvalue weighted by molar-refractivity contribution is 0.0601. The molecule has 24 heavy (non-hydrogen) atoms. The molecule has 7 heteroatoms. The fourth-order valence-electron chi connectivity index (χ4n) is 2.73. The standard InChI is InChI=1S/C17H20N4O3/c1-20-14-6-5-12(17(22)24-3)11-13(14)19-16(20)15-7-8-18-21(15)9-4-10-23-2/h5-8,11H,4,9-10H2,1-3H3. The number of nitrogens with zero attached hydrogens (tertiary/aromatic N) is 4. The molecule has 1 aromatic carbocycles. The van der Waals surface area contributed by atoms with Crippen LogP contribution in [-0.4, -0.2) is 46.1 Å². The van der Waals surface area contributed by atoms with E-state index in [4.69, 9.17) is 9.47 Å². The molecule has 0 aliphatic carbocycles. The van der Waals surface area contributed by atoms with E-state index in [1.165, 1.54) is 7.11 Å². The number of hydrogen-bond donors (Lipinski definition) is 0. The Bertz CT molecular complexity index is 866. The van der Waals surface area contributed by atoms with Crippen LogP contribution in [0.1, 0.15) is 16.8 Å². The van der Waals surface area contributed by atoms with Crippen molar-refractivity contribution >= 4 is 17.0 Å². The van der Waals surface area contributed by atoms with Crippen LogP contribution in [-0.2, 0) is 23.1 Å². The second-order valence-electron chi connectivity index (χ2n) is 5.48. The maximum atomic E-state index is 11.7. The summed E-state index contributed by atoms with van der Waals surface area (Å²) in [6.07, 6.45) is 2.64. The van der Waals surface area contributed by atoms with Crippen molar-refractivity contribution in [2.45, 2.75) is 13.0 Å². The second-order valence-corrected chi connectivity index (χ2v) is 5.48. The van der Waals surface area contributed by atoms with Crippen LogP contribution in [0.3, 0.4) is 0 Å². The Kier molecular flexibility index (Phi) is 4.61. The number of esters is 1. The van der Waals surface area contributed by atoms with Crippen molar-refractivity contribution in [2.75, 3.05) is 20.8 Å². The van der Waals surface area contributed by atoms with E-state index in [0.29, 0.717) is 12.2 Å². The first kappa shape index (κ1) is 16.2. The van der Waals surface area contributed by atoms with E-state index in [1.807, 2.05) is 28.4 Å². The number of imidazole rings is 1. The van der Waals surface area contributed by atoms with Crippen molar-refractivity contribution in [3.63, 3.8) is 0 Å². The number of methoxy groups -OCH3 is 2. The number of carbonyl (C=O) groups is 1. The average molecular weight is 328 g/mol. The van der Waals surface area contributed by atoms with Gasteiger partial charge in [0, 0.05) is 33.5 Å². The highest BCUT2D eigenvalue weighted by Gasteiger charge is 2.15. The van der Waals surface area contributed by atoms with E-state index >= 15 is 0 Å². The summed E-state index contributed by atoms with van der Waals surface area (Å²) in [6, 6.07) is 7.31. The Morgan fingerprint density at radius 2 is 2.08 bits per heavy atom. The van der Waals surface area contributed by atoms with Gasteiger partial charge in [0.05, 0.1) is 23.7 Å². The fourth-order valence-corrected chi connectivity index (χ4v) is 2.73. The zero-order valence-corrected chi connectivity index (χ0v) is 14.0. The molecule has 0 N–H and O–H groups in total. The molecular weight excluding hydrogens is 308 g/mol. The van der Waals surface area contributed by atoms with Gasteiger partial charge in [0.1, 0.15) is 5.69 Å². The van der Waals surface area contributed by atoms with Crippen molar-refractivity contribution in [2.24, 2.45) is 7.05 Å². The lowest BCUT2D eigenvalue weighted by atomic mass is 10.2. The molecule has 0 atom stereocenters. The molecule has 0 saturated carbocycles. The van der Waals surface area contributed by atoms with E-state index in [0.717, 1.165) is 35.5 Å². The molecule has 7 nitrogen and oxygen atoms in total. The van der Waals surface area contributed by atoms with Gasteiger partial charge in [0.25, 0.3) is 0 Å². The third-order valence-electron chi connectivity index (χ3n) is 3.97. The van der Waals surface area contributed by atoms with Crippen LogP contribution in [0.4, 0.5) is 0 Å². The molecular formula is C17H20N4O3. The molecule has 0 fully saturated rings. The second kappa shape index (κ2) is 6.84. The molecule has 0 spiro atoms. The summed E-state index contributed by atoms with van der Waals surface area (Å²) >= 11 is 0. The van der Waals surface area contributed by atoms with Crippen molar-refractivity contribution in [3.8, 4) is 11.5 Å². The number of aromatic nitrogens is 4. The van der Waals surface area contributed by atoms with E-state index in [9.17, 15) is 4.79 Å². The lowest BCUT2D eigenvalue weighted by Crippen LogP contribution is -2.06. The first-order valence-electron chi connectivity index (χ1n) is 7.71. The van der Waals surface area contributed by atoms with Gasteiger partial charge in [0.15, 0.2) is 5.82 Å². The summed E-state index contributed by atoms with van der Waals surface area (Å²) in [5, 5.41) is 4.37. The Balaban J connectivity index is 2.00. The summed E-state index contributed by atoms with van der Waals surface area (Å²) in [6.45, 7) is 1.44. The van der Waals surface area contributed by atoms with Crippen LogP contribution >= 0.6 is 0 Å². The molecule has 2 aromatic heterocycles. The Labute approximate surface area is 139 Å². The third kappa shape index (κ3) is 2.90. The maximum Gasteiger partial charge on any atom is 0.337 e. The van der Waals surface area contributed by atoms with Crippen LogP contribution in [0.25, 0.3) is 22.6 Å². The van der Waals surface area contributed by atoms with Gasteiger partial charge in [-0.2, -0.15) is 5.10 Å². The molecule has 0 radical (unpaired) electrons. The van der Waals surface area contributed by atoms with Crippen molar-refractivity contribution < 1.29 is 14.3 Å². The van der Waals surface area contributed by atoms with Crippen molar-refractivity contribution in [1.29, 1.82) is 0 Å². The molecule has 126 valence electrons. The quantitative estimate of drug-likeness (QED) is 0.513. The summed E-state index contributed by atoms with van der Waals surface area (Å²) in [7, 11) is 5.01. The highest BCUT2D eigenvalue weighted by molar-refractivity contribution is 5.94. The molecule has 0 bridgehead atoms. The van der Waals surface area contributed by atoms with Crippen LogP contribution in [0.15, 0.2) is 30.5 Å². The first-order valence-corrected chi connectivity index (χ1v) is 7.71. The number of carbonyl (C=O) groups excluding carboxylic acids is 1. The number of hydrogen-bond acceptors (Lipinski definition) is 5. The predicted octanol–water partition coefficient (Wildman–Crippen LogP) is 2.26. The number of benzene rings is 1. The minimum absolute atomic E-state index is 0.367. The smallest absolute Gasteiger partial charge is 0.337 e. The topological polar surface area (TPSA) is 71.2 Å². The molecule has 0 aliphatic heterocycles. The van der Waals surface area contributed by atoms with Gasteiger partial charge in [-0.3, -0.25) is 4.68 Å². The first-order chi connectivity index (χ1) is 11.7. The van der Waals surface area contributed by atoms with Crippen molar-refractivity contribution in [3.05, 3.63) is 36.0 Å². The highest BCUT2D eigenvalue weighted by atomic mass is 16.5. The van der Waals surface area contributed by atoms with E-state index in [-0.39, 0.29) is 5.97 Å². The van der Waals surface area contributed by atoms with E-state index < -0.39 is 0 Å². The minimum atomic E-state index is -0.367. The van der Waals surface area contributed by atoms with Crippen LogP contribution in [0.5, 0.6) is 0 Å². The predicted molar refractivity (Wildman–Crippen MR) is 89.8 cm³/mol. The minimum Gasteiger partial charge on any atom is -0.465 e. The van der Waals surface area contributed by atoms with Gasteiger partial charge in [0.2, 0.25) is 0 Å². The zero-order chi connectivity index (χ0) is 17.1. The van der Waals surface area contributed by atoms with Gasteiger partial charge >= 0.3 is 5.97 Å². The Hall–Kier alpha value is -2.67.